The van der Waals surface area contributed by atoms with Gasteiger partial charge in [0.05, 0.1) is 13.2 Å². The third-order valence-corrected chi connectivity index (χ3v) is 3.34. The van der Waals surface area contributed by atoms with Crippen LogP contribution < -0.4 is 15.8 Å². The van der Waals surface area contributed by atoms with Gasteiger partial charge in [0.1, 0.15) is 10.8 Å². The maximum atomic E-state index is 11.1. The maximum absolute atomic E-state index is 11.1. The van der Waals surface area contributed by atoms with Crippen molar-refractivity contribution >= 4 is 22.4 Å². The number of aryl methyl sites for hydroxylation is 1. The summed E-state index contributed by atoms with van der Waals surface area (Å²) < 4.78 is 5.59. The van der Waals surface area contributed by atoms with E-state index in [0.717, 1.165) is 23.6 Å². The van der Waals surface area contributed by atoms with Crippen LogP contribution in [0.15, 0.2) is 30.3 Å². The topological polar surface area (TPSA) is 90.1 Å². The Morgan fingerprint density at radius 2 is 2.10 bits per heavy atom. The largest absolute Gasteiger partial charge is 0.494 e. The van der Waals surface area contributed by atoms with E-state index in [4.69, 9.17) is 10.5 Å². The molecule has 0 saturated carbocycles. The Labute approximate surface area is 121 Å². The number of carbonyl (C=O) groups excluding carboxylic acids is 1. The Balaban J connectivity index is 1.70. The summed E-state index contributed by atoms with van der Waals surface area (Å²) in [6.45, 7) is 0.563. The van der Waals surface area contributed by atoms with Crippen LogP contribution in [0.5, 0.6) is 5.75 Å². The average Bonchev–Trinajstić information content (AvgIpc) is 2.92. The molecule has 0 atom stereocenters. The molecule has 0 bridgehead atoms. The molecule has 1 aromatic carbocycles. The zero-order valence-corrected chi connectivity index (χ0v) is 11.7. The first-order chi connectivity index (χ1) is 9.78. The SMILES string of the molecule is NCC(=O)Nc1nnc(CCCOc2ccccc2)s1. The molecule has 0 spiro atoms. The molecule has 0 aliphatic rings. The zero-order chi connectivity index (χ0) is 14.2. The van der Waals surface area contributed by atoms with Gasteiger partial charge in [0.2, 0.25) is 11.0 Å². The molecule has 20 heavy (non-hydrogen) atoms. The van der Waals surface area contributed by atoms with Crippen molar-refractivity contribution in [2.75, 3.05) is 18.5 Å². The first-order valence-corrected chi connectivity index (χ1v) is 7.09. The van der Waals surface area contributed by atoms with Crippen LogP contribution in [0.3, 0.4) is 0 Å². The second kappa shape index (κ2) is 7.56. The number of hydrogen-bond donors (Lipinski definition) is 2. The molecule has 0 radical (unpaired) electrons. The fraction of sp³-hybridized carbons (Fsp3) is 0.308. The molecule has 1 heterocycles. The Bertz CT molecular complexity index is 544. The molecule has 6 nitrogen and oxygen atoms in total. The molecule has 0 unspecified atom stereocenters. The predicted molar refractivity (Wildman–Crippen MR) is 77.9 cm³/mol. The summed E-state index contributed by atoms with van der Waals surface area (Å²) in [7, 11) is 0. The third-order valence-electron chi connectivity index (χ3n) is 2.45. The van der Waals surface area contributed by atoms with Gasteiger partial charge in [-0.1, -0.05) is 29.5 Å². The van der Waals surface area contributed by atoms with Gasteiger partial charge >= 0.3 is 0 Å². The third kappa shape index (κ3) is 4.60. The monoisotopic (exact) mass is 292 g/mol. The molecule has 1 aromatic heterocycles. The summed E-state index contributed by atoms with van der Waals surface area (Å²) in [5, 5.41) is 11.8. The van der Waals surface area contributed by atoms with Gasteiger partial charge in [-0.05, 0) is 18.6 Å². The van der Waals surface area contributed by atoms with E-state index in [0.29, 0.717) is 11.7 Å². The van der Waals surface area contributed by atoms with Crippen LogP contribution >= 0.6 is 11.3 Å². The van der Waals surface area contributed by atoms with Gasteiger partial charge in [0, 0.05) is 6.42 Å². The smallest absolute Gasteiger partial charge is 0.239 e. The van der Waals surface area contributed by atoms with E-state index in [1.165, 1.54) is 11.3 Å². The lowest BCUT2D eigenvalue weighted by Crippen LogP contribution is -2.21. The molecule has 3 N–H and O–H groups in total. The Hall–Kier alpha value is -1.99. The fourth-order valence-electron chi connectivity index (χ4n) is 1.51. The number of carbonyl (C=O) groups is 1. The van der Waals surface area contributed by atoms with Crippen LogP contribution in [0.2, 0.25) is 0 Å². The number of nitrogens with one attached hydrogen (secondary N) is 1. The molecule has 0 aliphatic carbocycles. The average molecular weight is 292 g/mol. The number of ether oxygens (including phenoxy) is 1. The van der Waals surface area contributed by atoms with E-state index < -0.39 is 0 Å². The first-order valence-electron chi connectivity index (χ1n) is 6.28. The van der Waals surface area contributed by atoms with Crippen LogP contribution in [0.4, 0.5) is 5.13 Å². The summed E-state index contributed by atoms with van der Waals surface area (Å²) in [4.78, 5) is 11.1. The van der Waals surface area contributed by atoms with Crippen molar-refractivity contribution < 1.29 is 9.53 Å². The quantitative estimate of drug-likeness (QED) is 0.754. The molecule has 1 amide bonds. The second-order valence-electron chi connectivity index (χ2n) is 4.02. The maximum Gasteiger partial charge on any atom is 0.239 e. The van der Waals surface area contributed by atoms with E-state index in [-0.39, 0.29) is 12.5 Å². The van der Waals surface area contributed by atoms with Crippen LogP contribution in [0.1, 0.15) is 11.4 Å². The predicted octanol–water partition coefficient (Wildman–Crippen LogP) is 1.45. The normalized spacial score (nSPS) is 10.2. The molecular formula is C13H16N4O2S. The summed E-state index contributed by atoms with van der Waals surface area (Å²) in [6.07, 6.45) is 1.61. The van der Waals surface area contributed by atoms with Gasteiger partial charge in [-0.15, -0.1) is 10.2 Å². The van der Waals surface area contributed by atoms with E-state index in [1.54, 1.807) is 0 Å². The minimum atomic E-state index is -0.264. The van der Waals surface area contributed by atoms with Crippen molar-refractivity contribution in [1.29, 1.82) is 0 Å². The van der Waals surface area contributed by atoms with E-state index in [2.05, 4.69) is 15.5 Å². The summed E-state index contributed by atoms with van der Waals surface area (Å²) in [6, 6.07) is 9.67. The Morgan fingerprint density at radius 3 is 2.85 bits per heavy atom. The number of aromatic nitrogens is 2. The van der Waals surface area contributed by atoms with Crippen molar-refractivity contribution in [3.63, 3.8) is 0 Å². The van der Waals surface area contributed by atoms with Gasteiger partial charge in [0.25, 0.3) is 0 Å². The van der Waals surface area contributed by atoms with Crippen LogP contribution in [-0.2, 0) is 11.2 Å². The molecule has 2 rings (SSSR count). The van der Waals surface area contributed by atoms with Gasteiger partial charge in [-0.3, -0.25) is 10.1 Å². The van der Waals surface area contributed by atoms with E-state index in [1.807, 2.05) is 30.3 Å². The van der Waals surface area contributed by atoms with Crippen molar-refractivity contribution in [2.45, 2.75) is 12.8 Å². The highest BCUT2D eigenvalue weighted by molar-refractivity contribution is 7.15. The van der Waals surface area contributed by atoms with Crippen molar-refractivity contribution in [3.05, 3.63) is 35.3 Å². The lowest BCUT2D eigenvalue weighted by atomic mass is 10.3. The molecule has 0 aliphatic heterocycles. The molecule has 0 saturated heterocycles. The number of hydrogen-bond acceptors (Lipinski definition) is 6. The van der Waals surface area contributed by atoms with Gasteiger partial charge in [-0.25, -0.2) is 0 Å². The van der Waals surface area contributed by atoms with Gasteiger partial charge in [0.15, 0.2) is 0 Å². The lowest BCUT2D eigenvalue weighted by Gasteiger charge is -2.04. The Morgan fingerprint density at radius 1 is 1.30 bits per heavy atom. The number of amides is 1. The van der Waals surface area contributed by atoms with E-state index >= 15 is 0 Å². The number of anilines is 1. The number of benzene rings is 1. The number of rotatable bonds is 7. The molecule has 2 aromatic rings. The second-order valence-corrected chi connectivity index (χ2v) is 5.08. The van der Waals surface area contributed by atoms with Crippen LogP contribution in [0, 0.1) is 0 Å². The first kappa shape index (κ1) is 14.4. The van der Waals surface area contributed by atoms with Crippen LogP contribution in [0.25, 0.3) is 0 Å². The fourth-order valence-corrected chi connectivity index (χ4v) is 2.30. The van der Waals surface area contributed by atoms with Crippen LogP contribution in [-0.4, -0.2) is 29.3 Å². The van der Waals surface area contributed by atoms with Gasteiger partial charge in [-0.2, -0.15) is 0 Å². The summed E-state index contributed by atoms with van der Waals surface area (Å²) in [5.74, 6) is 0.598. The molecule has 106 valence electrons. The lowest BCUT2D eigenvalue weighted by molar-refractivity contribution is -0.114. The highest BCUT2D eigenvalue weighted by Gasteiger charge is 2.06. The Kier molecular flexibility index (Phi) is 5.45. The summed E-state index contributed by atoms with van der Waals surface area (Å²) in [5.41, 5.74) is 5.21. The summed E-state index contributed by atoms with van der Waals surface area (Å²) >= 11 is 1.36. The minimum Gasteiger partial charge on any atom is -0.494 e. The molecule has 7 heteroatoms. The van der Waals surface area contributed by atoms with E-state index in [9.17, 15) is 4.79 Å². The minimum absolute atomic E-state index is 0.0557. The molecule has 0 fully saturated rings. The molecular weight excluding hydrogens is 276 g/mol. The van der Waals surface area contributed by atoms with Gasteiger partial charge < -0.3 is 10.5 Å². The number of nitrogens with two attached hydrogens (primary N) is 1. The number of nitrogens with zero attached hydrogens (tertiary/aromatic N) is 2. The van der Waals surface area contributed by atoms with Crippen molar-refractivity contribution in [3.8, 4) is 5.75 Å². The highest BCUT2D eigenvalue weighted by Crippen LogP contribution is 2.16. The van der Waals surface area contributed by atoms with Crippen molar-refractivity contribution in [2.24, 2.45) is 5.73 Å². The highest BCUT2D eigenvalue weighted by atomic mass is 32.1. The standard InChI is InChI=1S/C13H16N4O2S/c14-9-11(18)15-13-17-16-12(20-13)7-4-8-19-10-5-2-1-3-6-10/h1-3,5-6H,4,7-9,14H2,(H,15,17,18). The van der Waals surface area contributed by atoms with Crippen molar-refractivity contribution in [1.82, 2.24) is 10.2 Å². The zero-order valence-electron chi connectivity index (χ0n) is 10.9. The number of para-hydroxylation sites is 1.